The van der Waals surface area contributed by atoms with Crippen LogP contribution in [-0.4, -0.2) is 13.2 Å². The summed E-state index contributed by atoms with van der Waals surface area (Å²) in [6, 6.07) is 8.22. The van der Waals surface area contributed by atoms with Crippen LogP contribution in [0.2, 0.25) is 0 Å². The van der Waals surface area contributed by atoms with Crippen LogP contribution in [0.3, 0.4) is 0 Å². The van der Waals surface area contributed by atoms with Crippen molar-refractivity contribution in [3.63, 3.8) is 0 Å². The zero-order valence-corrected chi connectivity index (χ0v) is 17.1. The van der Waals surface area contributed by atoms with Crippen LogP contribution in [0, 0.1) is 23.4 Å². The van der Waals surface area contributed by atoms with E-state index in [-0.39, 0.29) is 17.5 Å². The first-order valence-corrected chi connectivity index (χ1v) is 10.5. The monoisotopic (exact) mass is 406 g/mol. The van der Waals surface area contributed by atoms with E-state index in [1.54, 1.807) is 19.1 Å². The highest BCUT2D eigenvalue weighted by Crippen LogP contribution is 2.38. The van der Waals surface area contributed by atoms with Gasteiger partial charge in [0.05, 0.1) is 13.2 Å². The van der Waals surface area contributed by atoms with Crippen molar-refractivity contribution in [2.24, 2.45) is 5.92 Å². The first-order valence-electron chi connectivity index (χ1n) is 10.5. The molecule has 2 nitrogen and oxygen atoms in total. The minimum Gasteiger partial charge on any atom is -0.493 e. The molecule has 1 fully saturated rings. The highest BCUT2D eigenvalue weighted by atomic mass is 19.2. The fourth-order valence-electron chi connectivity index (χ4n) is 4.07. The molecule has 29 heavy (non-hydrogen) atoms. The molecule has 0 amide bonds. The van der Waals surface area contributed by atoms with Crippen molar-refractivity contribution in [1.29, 1.82) is 0 Å². The lowest BCUT2D eigenvalue weighted by Gasteiger charge is -2.29. The Hall–Kier alpha value is -2.17. The van der Waals surface area contributed by atoms with Crippen LogP contribution in [-0.2, 0) is 6.42 Å². The zero-order valence-electron chi connectivity index (χ0n) is 17.1. The summed E-state index contributed by atoms with van der Waals surface area (Å²) in [7, 11) is 0. The lowest BCUT2D eigenvalue weighted by atomic mass is 9.79. The summed E-state index contributed by atoms with van der Waals surface area (Å²) in [5.74, 6) is -1.07. The normalized spacial score (nSPS) is 19.2. The molecule has 2 aromatic carbocycles. The fourth-order valence-corrected chi connectivity index (χ4v) is 4.07. The average Bonchev–Trinajstić information content (AvgIpc) is 2.73. The second-order valence-corrected chi connectivity index (χ2v) is 7.75. The maximum Gasteiger partial charge on any atom is 0.200 e. The van der Waals surface area contributed by atoms with Crippen LogP contribution in [0.1, 0.15) is 63.0 Å². The predicted octanol–water partition coefficient (Wildman–Crippen LogP) is 6.81. The van der Waals surface area contributed by atoms with Crippen LogP contribution >= 0.6 is 0 Å². The lowest BCUT2D eigenvalue weighted by molar-refractivity contribution is 0.198. The third-order valence-electron chi connectivity index (χ3n) is 5.69. The Morgan fingerprint density at radius 1 is 0.897 bits per heavy atom. The molecule has 0 bridgehead atoms. The first-order chi connectivity index (χ1) is 14.0. The summed E-state index contributed by atoms with van der Waals surface area (Å²) >= 11 is 0. The van der Waals surface area contributed by atoms with Crippen molar-refractivity contribution in [1.82, 2.24) is 0 Å². The van der Waals surface area contributed by atoms with Gasteiger partial charge in [-0.3, -0.25) is 0 Å². The molecule has 0 spiro atoms. The van der Waals surface area contributed by atoms with E-state index in [4.69, 9.17) is 9.47 Å². The Balaban J connectivity index is 1.53. The van der Waals surface area contributed by atoms with Crippen molar-refractivity contribution in [2.45, 2.75) is 58.3 Å². The molecule has 0 aliphatic heterocycles. The largest absolute Gasteiger partial charge is 0.493 e. The second kappa shape index (κ2) is 10.0. The van der Waals surface area contributed by atoms with Gasteiger partial charge in [0.1, 0.15) is 11.6 Å². The summed E-state index contributed by atoms with van der Waals surface area (Å²) in [5, 5.41) is 0. The molecule has 1 aliphatic rings. The SMILES string of the molecule is CCCc1ccc(OCC2CCC(c3ccc(OCC)c(F)c3F)CC2)cc1F. The van der Waals surface area contributed by atoms with Crippen LogP contribution in [0.15, 0.2) is 30.3 Å². The standard InChI is InChI=1S/C24H29F3O2/c1-3-5-18-10-11-19(14-21(18)25)29-15-16-6-8-17(9-7-16)20-12-13-22(28-4-2)24(27)23(20)26/h10-14,16-17H,3-9,15H2,1-2H3. The lowest BCUT2D eigenvalue weighted by Crippen LogP contribution is -2.20. The summed E-state index contributed by atoms with van der Waals surface area (Å²) in [6.45, 7) is 4.57. The smallest absolute Gasteiger partial charge is 0.200 e. The number of benzene rings is 2. The maximum atomic E-state index is 14.4. The van der Waals surface area contributed by atoms with E-state index in [1.165, 1.54) is 12.1 Å². The molecule has 2 aromatic rings. The number of hydrogen-bond donors (Lipinski definition) is 0. The third-order valence-corrected chi connectivity index (χ3v) is 5.69. The van der Waals surface area contributed by atoms with Gasteiger partial charge in [-0.05, 0) is 74.1 Å². The van der Waals surface area contributed by atoms with Crippen molar-refractivity contribution in [3.8, 4) is 11.5 Å². The molecule has 0 atom stereocenters. The van der Waals surface area contributed by atoms with Crippen LogP contribution in [0.5, 0.6) is 11.5 Å². The van der Waals surface area contributed by atoms with Gasteiger partial charge in [-0.1, -0.05) is 25.5 Å². The van der Waals surface area contributed by atoms with Crippen LogP contribution < -0.4 is 9.47 Å². The summed E-state index contributed by atoms with van der Waals surface area (Å²) in [6.07, 6.45) is 4.92. The Morgan fingerprint density at radius 2 is 1.66 bits per heavy atom. The summed E-state index contributed by atoms with van der Waals surface area (Å²) in [5.41, 5.74) is 1.14. The first kappa shape index (κ1) is 21.5. The van der Waals surface area contributed by atoms with Gasteiger partial charge in [0.25, 0.3) is 0 Å². The third kappa shape index (κ3) is 5.26. The van der Waals surface area contributed by atoms with E-state index in [0.717, 1.165) is 38.5 Å². The molecule has 1 saturated carbocycles. The Morgan fingerprint density at radius 3 is 2.31 bits per heavy atom. The molecule has 158 valence electrons. The van der Waals surface area contributed by atoms with E-state index in [2.05, 4.69) is 0 Å². The Kier molecular flexibility index (Phi) is 7.45. The van der Waals surface area contributed by atoms with Crippen molar-refractivity contribution in [2.75, 3.05) is 13.2 Å². The minimum absolute atomic E-state index is 0.00204. The van der Waals surface area contributed by atoms with E-state index in [1.807, 2.05) is 13.0 Å². The van der Waals surface area contributed by atoms with Gasteiger partial charge >= 0.3 is 0 Å². The zero-order chi connectivity index (χ0) is 20.8. The van der Waals surface area contributed by atoms with E-state index >= 15 is 0 Å². The number of ether oxygens (including phenoxy) is 2. The van der Waals surface area contributed by atoms with Gasteiger partial charge in [0.2, 0.25) is 5.82 Å². The minimum atomic E-state index is -0.900. The fraction of sp³-hybridized carbons (Fsp3) is 0.500. The van der Waals surface area contributed by atoms with Gasteiger partial charge in [-0.2, -0.15) is 4.39 Å². The molecular formula is C24H29F3O2. The molecule has 0 aromatic heterocycles. The number of rotatable bonds is 8. The molecule has 0 saturated heterocycles. The Bertz CT molecular complexity index is 814. The van der Waals surface area contributed by atoms with Crippen molar-refractivity contribution < 1.29 is 22.6 Å². The molecule has 1 aliphatic carbocycles. The number of hydrogen-bond acceptors (Lipinski definition) is 2. The number of halogens is 3. The summed E-state index contributed by atoms with van der Waals surface area (Å²) < 4.78 is 53.5. The molecule has 0 unspecified atom stereocenters. The van der Waals surface area contributed by atoms with E-state index < -0.39 is 11.6 Å². The molecular weight excluding hydrogens is 377 g/mol. The van der Waals surface area contributed by atoms with Gasteiger partial charge < -0.3 is 9.47 Å². The van der Waals surface area contributed by atoms with Gasteiger partial charge in [0, 0.05) is 6.07 Å². The molecule has 0 heterocycles. The van der Waals surface area contributed by atoms with Crippen LogP contribution in [0.25, 0.3) is 0 Å². The van der Waals surface area contributed by atoms with Crippen LogP contribution in [0.4, 0.5) is 13.2 Å². The van der Waals surface area contributed by atoms with Crippen molar-refractivity contribution in [3.05, 3.63) is 58.9 Å². The second-order valence-electron chi connectivity index (χ2n) is 7.75. The average molecular weight is 406 g/mol. The van der Waals surface area contributed by atoms with E-state index in [9.17, 15) is 13.2 Å². The van der Waals surface area contributed by atoms with Gasteiger partial charge in [-0.15, -0.1) is 0 Å². The number of aryl methyl sites for hydroxylation is 1. The van der Waals surface area contributed by atoms with E-state index in [0.29, 0.717) is 36.0 Å². The topological polar surface area (TPSA) is 18.5 Å². The summed E-state index contributed by atoms with van der Waals surface area (Å²) in [4.78, 5) is 0. The molecule has 0 N–H and O–H groups in total. The molecule has 3 rings (SSSR count). The molecule has 0 radical (unpaired) electrons. The van der Waals surface area contributed by atoms with Crippen molar-refractivity contribution >= 4 is 0 Å². The van der Waals surface area contributed by atoms with Gasteiger partial charge in [0.15, 0.2) is 11.6 Å². The highest BCUT2D eigenvalue weighted by molar-refractivity contribution is 5.33. The maximum absolute atomic E-state index is 14.4. The predicted molar refractivity (Wildman–Crippen MR) is 108 cm³/mol. The quantitative estimate of drug-likeness (QED) is 0.479. The highest BCUT2D eigenvalue weighted by Gasteiger charge is 2.27. The Labute approximate surface area is 171 Å². The van der Waals surface area contributed by atoms with Gasteiger partial charge in [-0.25, -0.2) is 8.78 Å². The molecule has 5 heteroatoms.